The molecule has 3 aromatic rings. The Balaban J connectivity index is 2.19. The van der Waals surface area contributed by atoms with Crippen LogP contribution in [0.5, 0.6) is 5.75 Å². The molecule has 0 saturated heterocycles. The zero-order valence-electron chi connectivity index (χ0n) is 14.6. The molecule has 0 aromatic heterocycles. The summed E-state index contributed by atoms with van der Waals surface area (Å²) in [6.45, 7) is 7.94. The number of ketones is 1. The molecule has 0 saturated carbocycles. The Morgan fingerprint density at radius 3 is 2.33 bits per heavy atom. The number of aromatic hydroxyl groups is 1. The van der Waals surface area contributed by atoms with Gasteiger partial charge in [0.2, 0.25) is 0 Å². The second kappa shape index (κ2) is 5.79. The lowest BCUT2D eigenvalue weighted by Gasteiger charge is -2.22. The minimum Gasteiger partial charge on any atom is -0.507 e. The fraction of sp³-hybridized carbons (Fsp3) is 0.227. The Hall–Kier alpha value is -2.61. The molecule has 24 heavy (non-hydrogen) atoms. The van der Waals surface area contributed by atoms with Crippen LogP contribution in [-0.2, 0) is 5.41 Å². The van der Waals surface area contributed by atoms with Gasteiger partial charge in [-0.3, -0.25) is 4.79 Å². The number of rotatable bonds is 2. The van der Waals surface area contributed by atoms with Crippen molar-refractivity contribution >= 4 is 16.6 Å². The molecule has 1 N–H and O–H groups in total. The highest BCUT2D eigenvalue weighted by Crippen LogP contribution is 2.35. The van der Waals surface area contributed by atoms with E-state index in [1.54, 1.807) is 6.07 Å². The highest BCUT2D eigenvalue weighted by atomic mass is 16.3. The van der Waals surface area contributed by atoms with Crippen LogP contribution in [0.25, 0.3) is 10.8 Å². The van der Waals surface area contributed by atoms with Crippen LogP contribution in [0.15, 0.2) is 54.6 Å². The molecular weight excluding hydrogens is 296 g/mol. The largest absolute Gasteiger partial charge is 0.507 e. The van der Waals surface area contributed by atoms with Crippen molar-refractivity contribution in [2.45, 2.75) is 33.1 Å². The second-order valence-electron chi connectivity index (χ2n) is 7.30. The van der Waals surface area contributed by atoms with E-state index in [-0.39, 0.29) is 16.9 Å². The maximum Gasteiger partial charge on any atom is 0.193 e. The number of hydrogen-bond donors (Lipinski definition) is 1. The smallest absolute Gasteiger partial charge is 0.193 e. The van der Waals surface area contributed by atoms with Gasteiger partial charge in [-0.15, -0.1) is 0 Å². The summed E-state index contributed by atoms with van der Waals surface area (Å²) in [7, 11) is 0. The highest BCUT2D eigenvalue weighted by molar-refractivity contribution is 6.16. The molecule has 0 amide bonds. The van der Waals surface area contributed by atoms with Crippen LogP contribution in [0, 0.1) is 6.92 Å². The van der Waals surface area contributed by atoms with Gasteiger partial charge in [-0.05, 0) is 40.8 Å². The van der Waals surface area contributed by atoms with Gasteiger partial charge in [0.25, 0.3) is 0 Å². The Bertz CT molecular complexity index is 925. The van der Waals surface area contributed by atoms with E-state index >= 15 is 0 Å². The van der Waals surface area contributed by atoms with Gasteiger partial charge in [0, 0.05) is 16.7 Å². The number of carbonyl (C=O) groups is 1. The first-order valence-electron chi connectivity index (χ1n) is 8.15. The molecule has 0 aliphatic rings. The first-order valence-corrected chi connectivity index (χ1v) is 8.15. The minimum atomic E-state index is -0.232. The normalized spacial score (nSPS) is 11.7. The molecule has 0 aliphatic heterocycles. The molecule has 0 spiro atoms. The average Bonchev–Trinajstić information content (AvgIpc) is 2.55. The van der Waals surface area contributed by atoms with E-state index < -0.39 is 0 Å². The van der Waals surface area contributed by atoms with Gasteiger partial charge in [0.15, 0.2) is 5.78 Å². The summed E-state index contributed by atoms with van der Waals surface area (Å²) >= 11 is 0. The van der Waals surface area contributed by atoms with Gasteiger partial charge >= 0.3 is 0 Å². The lowest BCUT2D eigenvalue weighted by Crippen LogP contribution is -2.14. The molecular formula is C22H22O2. The third-order valence-corrected chi connectivity index (χ3v) is 4.40. The third kappa shape index (κ3) is 2.80. The molecule has 2 nitrogen and oxygen atoms in total. The lowest BCUT2D eigenvalue weighted by atomic mass is 9.83. The highest BCUT2D eigenvalue weighted by Gasteiger charge is 2.22. The van der Waals surface area contributed by atoms with E-state index in [9.17, 15) is 9.90 Å². The van der Waals surface area contributed by atoms with Gasteiger partial charge < -0.3 is 5.11 Å². The number of phenolic OH excluding ortho intramolecular Hbond substituents is 1. The molecule has 3 aromatic carbocycles. The number of hydrogen-bond acceptors (Lipinski definition) is 2. The van der Waals surface area contributed by atoms with Gasteiger partial charge in [-0.2, -0.15) is 0 Å². The summed E-state index contributed by atoms with van der Waals surface area (Å²) in [6.07, 6.45) is 0. The van der Waals surface area contributed by atoms with Crippen LogP contribution in [0.3, 0.4) is 0 Å². The summed E-state index contributed by atoms with van der Waals surface area (Å²) in [6, 6.07) is 17.3. The first-order chi connectivity index (χ1) is 11.3. The first kappa shape index (κ1) is 16.3. The van der Waals surface area contributed by atoms with Crippen molar-refractivity contribution in [1.29, 1.82) is 0 Å². The topological polar surface area (TPSA) is 37.3 Å². The van der Waals surface area contributed by atoms with Crippen molar-refractivity contribution in [3.05, 3.63) is 76.9 Å². The zero-order valence-corrected chi connectivity index (χ0v) is 14.6. The third-order valence-electron chi connectivity index (χ3n) is 4.40. The predicted octanol–water partition coefficient (Wildman–Crippen LogP) is 5.38. The molecule has 0 atom stereocenters. The fourth-order valence-corrected chi connectivity index (χ4v) is 3.06. The van der Waals surface area contributed by atoms with E-state index in [1.165, 1.54) is 0 Å². The Morgan fingerprint density at radius 1 is 0.958 bits per heavy atom. The van der Waals surface area contributed by atoms with Crippen molar-refractivity contribution in [3.63, 3.8) is 0 Å². The molecule has 2 heteroatoms. The number of benzene rings is 3. The molecule has 0 bridgehead atoms. The van der Waals surface area contributed by atoms with Crippen LogP contribution in [0.2, 0.25) is 0 Å². The Labute approximate surface area is 142 Å². The molecule has 122 valence electrons. The maximum absolute atomic E-state index is 13.1. The number of carbonyl (C=O) groups excluding carboxylic acids is 1. The van der Waals surface area contributed by atoms with E-state index in [2.05, 4.69) is 0 Å². The van der Waals surface area contributed by atoms with Crippen LogP contribution in [-0.4, -0.2) is 10.9 Å². The van der Waals surface area contributed by atoms with Crippen LogP contribution >= 0.6 is 0 Å². The quantitative estimate of drug-likeness (QED) is 0.644. The lowest BCUT2D eigenvalue weighted by molar-refractivity contribution is 0.104. The minimum absolute atomic E-state index is 0.0135. The molecule has 0 unspecified atom stereocenters. The monoisotopic (exact) mass is 318 g/mol. The average molecular weight is 318 g/mol. The summed E-state index contributed by atoms with van der Waals surface area (Å²) in [5.41, 5.74) is 2.60. The molecule has 3 rings (SSSR count). The summed E-state index contributed by atoms with van der Waals surface area (Å²) < 4.78 is 0. The van der Waals surface area contributed by atoms with Crippen molar-refractivity contribution in [3.8, 4) is 5.75 Å². The van der Waals surface area contributed by atoms with Gasteiger partial charge in [-0.1, -0.05) is 63.2 Å². The van der Waals surface area contributed by atoms with Crippen LogP contribution in [0.1, 0.15) is 47.8 Å². The summed E-state index contributed by atoms with van der Waals surface area (Å²) in [5.74, 6) is 0.261. The van der Waals surface area contributed by atoms with Crippen molar-refractivity contribution in [2.75, 3.05) is 0 Å². The van der Waals surface area contributed by atoms with Crippen LogP contribution < -0.4 is 0 Å². The number of fused-ring (bicyclic) bond motifs is 1. The molecule has 0 radical (unpaired) electrons. The fourth-order valence-electron chi connectivity index (χ4n) is 3.06. The van der Waals surface area contributed by atoms with Gasteiger partial charge in [0.1, 0.15) is 5.75 Å². The SMILES string of the molecule is Cc1cc(C(=O)c2cccc3ccccc23)cc(C(C)(C)C)c1O. The maximum atomic E-state index is 13.1. The number of aryl methyl sites for hydroxylation is 1. The van der Waals surface area contributed by atoms with Crippen molar-refractivity contribution in [2.24, 2.45) is 0 Å². The summed E-state index contributed by atoms with van der Waals surface area (Å²) in [5, 5.41) is 12.4. The van der Waals surface area contributed by atoms with E-state index in [4.69, 9.17) is 0 Å². The van der Waals surface area contributed by atoms with E-state index in [0.29, 0.717) is 11.1 Å². The van der Waals surface area contributed by atoms with Gasteiger partial charge in [-0.25, -0.2) is 0 Å². The Kier molecular flexibility index (Phi) is 3.92. The Morgan fingerprint density at radius 2 is 1.62 bits per heavy atom. The van der Waals surface area contributed by atoms with Crippen molar-refractivity contribution in [1.82, 2.24) is 0 Å². The molecule has 0 aliphatic carbocycles. The zero-order chi connectivity index (χ0) is 17.5. The summed E-state index contributed by atoms with van der Waals surface area (Å²) in [4.78, 5) is 13.1. The number of phenols is 1. The van der Waals surface area contributed by atoms with E-state index in [1.807, 2.05) is 76.2 Å². The molecule has 0 fully saturated rings. The predicted molar refractivity (Wildman–Crippen MR) is 98.9 cm³/mol. The van der Waals surface area contributed by atoms with Gasteiger partial charge in [0.05, 0.1) is 0 Å². The molecule has 0 heterocycles. The second-order valence-corrected chi connectivity index (χ2v) is 7.30. The van der Waals surface area contributed by atoms with E-state index in [0.717, 1.165) is 21.9 Å². The standard InChI is InChI=1S/C22H22O2/c1-14-12-16(13-19(20(14)23)22(2,3)4)21(24)18-11-7-9-15-8-5-6-10-17(15)18/h5-13,23H,1-4H3. The van der Waals surface area contributed by atoms with Crippen molar-refractivity contribution < 1.29 is 9.90 Å². The van der Waals surface area contributed by atoms with Crippen LogP contribution in [0.4, 0.5) is 0 Å².